The molecule has 0 atom stereocenters. The first-order valence-corrected chi connectivity index (χ1v) is 6.79. The monoisotopic (exact) mass is 368 g/mol. The Labute approximate surface area is 132 Å². The molecule has 21 heavy (non-hydrogen) atoms. The molecule has 2 aromatic rings. The summed E-state index contributed by atoms with van der Waals surface area (Å²) in [4.78, 5) is 10.9. The smallest absolute Gasteiger partial charge is 0.337 e. The second-order valence-electron chi connectivity index (χ2n) is 4.03. The van der Waals surface area contributed by atoms with Crippen LogP contribution >= 0.6 is 27.5 Å². The van der Waals surface area contributed by atoms with Crippen LogP contribution in [0.3, 0.4) is 0 Å². The van der Waals surface area contributed by atoms with Crippen molar-refractivity contribution < 1.29 is 14.3 Å². The van der Waals surface area contributed by atoms with Gasteiger partial charge in [0.1, 0.15) is 6.07 Å². The molecule has 0 radical (unpaired) electrons. The van der Waals surface area contributed by atoms with E-state index in [9.17, 15) is 9.18 Å². The first kappa shape index (κ1) is 15.3. The summed E-state index contributed by atoms with van der Waals surface area (Å²) in [5.41, 5.74) is 0.710. The van der Waals surface area contributed by atoms with Gasteiger partial charge in [0, 0.05) is 5.69 Å². The van der Waals surface area contributed by atoms with Gasteiger partial charge < -0.3 is 10.4 Å². The molecule has 7 heteroatoms. The molecule has 0 heterocycles. The minimum Gasteiger partial charge on any atom is -0.478 e. The van der Waals surface area contributed by atoms with Crippen LogP contribution in [0.2, 0.25) is 5.02 Å². The van der Waals surface area contributed by atoms with Crippen LogP contribution in [0.1, 0.15) is 15.9 Å². The largest absolute Gasteiger partial charge is 0.478 e. The van der Waals surface area contributed by atoms with Crippen LogP contribution in [0, 0.1) is 17.1 Å². The first-order valence-electron chi connectivity index (χ1n) is 5.62. The molecule has 106 valence electrons. The lowest BCUT2D eigenvalue weighted by Crippen LogP contribution is -2.00. The lowest BCUT2D eigenvalue weighted by Gasteiger charge is -2.10. The fraction of sp³-hybridized carbons (Fsp3) is 0. The molecule has 2 aromatic carbocycles. The van der Waals surface area contributed by atoms with Gasteiger partial charge >= 0.3 is 5.97 Å². The molecule has 0 spiro atoms. The maximum atomic E-state index is 14.1. The molecule has 0 unspecified atom stereocenters. The Bertz CT molecular complexity index is 774. The molecule has 0 saturated heterocycles. The summed E-state index contributed by atoms with van der Waals surface area (Å²) in [7, 11) is 0. The molecular formula is C14H7BrClFN2O2. The Hall–Kier alpha value is -2.10. The summed E-state index contributed by atoms with van der Waals surface area (Å²) in [5, 5.41) is 20.5. The molecule has 2 N–H and O–H groups in total. The van der Waals surface area contributed by atoms with Gasteiger partial charge in [0.25, 0.3) is 0 Å². The highest BCUT2D eigenvalue weighted by molar-refractivity contribution is 9.10. The maximum Gasteiger partial charge on any atom is 0.337 e. The molecule has 0 aliphatic heterocycles. The van der Waals surface area contributed by atoms with Crippen molar-refractivity contribution in [3.63, 3.8) is 0 Å². The number of anilines is 2. The van der Waals surface area contributed by atoms with Crippen LogP contribution in [0.5, 0.6) is 0 Å². The third-order valence-electron chi connectivity index (χ3n) is 2.68. The van der Waals surface area contributed by atoms with Gasteiger partial charge in [0.15, 0.2) is 5.82 Å². The molecule has 0 fully saturated rings. The van der Waals surface area contributed by atoms with Gasteiger partial charge in [-0.15, -0.1) is 0 Å². The summed E-state index contributed by atoms with van der Waals surface area (Å²) in [6, 6.07) is 8.91. The van der Waals surface area contributed by atoms with Crippen molar-refractivity contribution in [3.05, 3.63) is 56.8 Å². The molecule has 0 aliphatic rings. The normalized spacial score (nSPS) is 10.0. The number of carbonyl (C=O) groups is 1. The van der Waals surface area contributed by atoms with E-state index in [0.717, 1.165) is 0 Å². The Kier molecular flexibility index (Phi) is 4.46. The van der Waals surface area contributed by atoms with Crippen molar-refractivity contribution in [2.24, 2.45) is 0 Å². The Morgan fingerprint density at radius 2 is 2.10 bits per heavy atom. The predicted molar refractivity (Wildman–Crippen MR) is 80.5 cm³/mol. The van der Waals surface area contributed by atoms with Crippen molar-refractivity contribution >= 4 is 44.9 Å². The number of benzene rings is 2. The van der Waals surface area contributed by atoms with Crippen LogP contribution in [0.15, 0.2) is 34.8 Å². The Morgan fingerprint density at radius 1 is 1.38 bits per heavy atom. The van der Waals surface area contributed by atoms with Gasteiger partial charge in [0.2, 0.25) is 0 Å². The lowest BCUT2D eigenvalue weighted by molar-refractivity contribution is 0.0697. The number of aromatic carboxylic acids is 1. The second kappa shape index (κ2) is 6.12. The van der Waals surface area contributed by atoms with Gasteiger partial charge in [-0.1, -0.05) is 11.6 Å². The number of nitriles is 1. The van der Waals surface area contributed by atoms with Crippen LogP contribution < -0.4 is 5.32 Å². The van der Waals surface area contributed by atoms with E-state index in [0.29, 0.717) is 5.69 Å². The molecule has 0 amide bonds. The molecule has 0 aliphatic carbocycles. The van der Waals surface area contributed by atoms with Crippen molar-refractivity contribution in [3.8, 4) is 6.07 Å². The molecule has 0 aromatic heterocycles. The number of hydrogen-bond donors (Lipinski definition) is 2. The number of carboxylic acid groups (broad SMARTS) is 1. The van der Waals surface area contributed by atoms with Gasteiger partial charge in [-0.05, 0) is 46.3 Å². The second-order valence-corrected chi connectivity index (χ2v) is 5.23. The number of hydrogen-bond acceptors (Lipinski definition) is 3. The number of nitrogens with one attached hydrogen (secondary N) is 1. The standard InChI is InChI=1S/C14H7BrClFN2O2/c15-12-7(6-18)1-4-11(13(12)17)19-8-2-3-9(14(20)21)10(16)5-8/h1-5,19H,(H,20,21). The minimum atomic E-state index is -1.14. The minimum absolute atomic E-state index is 0.0382. The van der Waals surface area contributed by atoms with E-state index in [-0.39, 0.29) is 26.3 Å². The first-order chi connectivity index (χ1) is 9.93. The topological polar surface area (TPSA) is 73.1 Å². The summed E-state index contributed by atoms with van der Waals surface area (Å²) in [6.07, 6.45) is 0. The highest BCUT2D eigenvalue weighted by atomic mass is 79.9. The summed E-state index contributed by atoms with van der Waals surface area (Å²) in [6.45, 7) is 0. The zero-order chi connectivity index (χ0) is 15.6. The van der Waals surface area contributed by atoms with E-state index in [1.165, 1.54) is 30.3 Å². The summed E-state index contributed by atoms with van der Waals surface area (Å²) < 4.78 is 14.1. The van der Waals surface area contributed by atoms with E-state index < -0.39 is 11.8 Å². The van der Waals surface area contributed by atoms with Gasteiger partial charge in [-0.2, -0.15) is 5.26 Å². The van der Waals surface area contributed by atoms with E-state index in [4.69, 9.17) is 22.0 Å². The van der Waals surface area contributed by atoms with Crippen molar-refractivity contribution in [1.29, 1.82) is 5.26 Å². The Morgan fingerprint density at radius 3 is 2.67 bits per heavy atom. The number of halogens is 3. The van der Waals surface area contributed by atoms with Crippen LogP contribution in [0.25, 0.3) is 0 Å². The zero-order valence-electron chi connectivity index (χ0n) is 10.3. The van der Waals surface area contributed by atoms with Crippen molar-refractivity contribution in [2.45, 2.75) is 0 Å². The predicted octanol–water partition coefficient (Wildman–Crippen LogP) is 4.56. The average Bonchev–Trinajstić information content (AvgIpc) is 2.44. The van der Waals surface area contributed by atoms with Crippen molar-refractivity contribution in [1.82, 2.24) is 0 Å². The number of rotatable bonds is 3. The fourth-order valence-corrected chi connectivity index (χ4v) is 2.35. The zero-order valence-corrected chi connectivity index (χ0v) is 12.7. The van der Waals surface area contributed by atoms with Gasteiger partial charge in [-0.3, -0.25) is 0 Å². The Balaban J connectivity index is 2.35. The third-order valence-corrected chi connectivity index (χ3v) is 3.77. The van der Waals surface area contributed by atoms with E-state index in [1.54, 1.807) is 0 Å². The highest BCUT2D eigenvalue weighted by Gasteiger charge is 2.13. The SMILES string of the molecule is N#Cc1ccc(Nc2ccc(C(=O)O)c(Cl)c2)c(F)c1Br. The molecule has 4 nitrogen and oxygen atoms in total. The molecule has 2 rings (SSSR count). The number of nitrogens with zero attached hydrogens (tertiary/aromatic N) is 1. The lowest BCUT2D eigenvalue weighted by atomic mass is 10.2. The average molecular weight is 370 g/mol. The van der Waals surface area contributed by atoms with E-state index in [1.807, 2.05) is 6.07 Å². The van der Waals surface area contributed by atoms with Crippen LogP contribution in [-0.4, -0.2) is 11.1 Å². The summed E-state index contributed by atoms with van der Waals surface area (Å²) >= 11 is 8.85. The molecular weight excluding hydrogens is 363 g/mol. The maximum absolute atomic E-state index is 14.1. The van der Waals surface area contributed by atoms with Crippen LogP contribution in [-0.2, 0) is 0 Å². The quantitative estimate of drug-likeness (QED) is 0.832. The third kappa shape index (κ3) is 3.15. The molecule has 0 bridgehead atoms. The van der Waals surface area contributed by atoms with Crippen LogP contribution in [0.4, 0.5) is 15.8 Å². The van der Waals surface area contributed by atoms with Gasteiger partial charge in [-0.25, -0.2) is 9.18 Å². The summed E-state index contributed by atoms with van der Waals surface area (Å²) in [5.74, 6) is -1.76. The van der Waals surface area contributed by atoms with Gasteiger partial charge in [0.05, 0.1) is 26.3 Å². The number of carboxylic acids is 1. The van der Waals surface area contributed by atoms with Crippen molar-refractivity contribution in [2.75, 3.05) is 5.32 Å². The highest BCUT2D eigenvalue weighted by Crippen LogP contribution is 2.30. The van der Waals surface area contributed by atoms with E-state index in [2.05, 4.69) is 21.2 Å². The molecule has 0 saturated carbocycles. The van der Waals surface area contributed by atoms with E-state index >= 15 is 0 Å². The fourth-order valence-electron chi connectivity index (χ4n) is 1.65.